The van der Waals surface area contributed by atoms with E-state index >= 15 is 0 Å². The Labute approximate surface area is 158 Å². The van der Waals surface area contributed by atoms with Crippen molar-refractivity contribution in [2.75, 3.05) is 17.2 Å². The number of rotatable bonds is 7. The summed E-state index contributed by atoms with van der Waals surface area (Å²) in [6.07, 6.45) is 3.52. The summed E-state index contributed by atoms with van der Waals surface area (Å²) in [5.74, 6) is -1.36. The number of hydrogen-bond acceptors (Lipinski definition) is 6. The largest absolute Gasteiger partial charge is 0.394 e. The number of nitrogens with zero attached hydrogens (tertiary/aromatic N) is 4. The van der Waals surface area contributed by atoms with E-state index < -0.39 is 24.7 Å². The number of nitrogens with one attached hydrogen (secondary N) is 2. The van der Waals surface area contributed by atoms with Gasteiger partial charge < -0.3 is 15.7 Å². The zero-order chi connectivity index (χ0) is 22.1. The molecule has 0 amide bonds. The van der Waals surface area contributed by atoms with Gasteiger partial charge in [-0.2, -0.15) is 10.1 Å². The predicted octanol–water partition coefficient (Wildman–Crippen LogP) is 2.95. The second-order valence-corrected chi connectivity index (χ2v) is 5.37. The van der Waals surface area contributed by atoms with Crippen LogP contribution in [0.25, 0.3) is 0 Å². The molecule has 1 aromatic carbocycles. The third-order valence-electron chi connectivity index (χ3n) is 3.24. The van der Waals surface area contributed by atoms with E-state index in [2.05, 4.69) is 25.7 Å². The number of halogens is 3. The van der Waals surface area contributed by atoms with Crippen LogP contribution in [0.3, 0.4) is 0 Å². The van der Waals surface area contributed by atoms with Crippen LogP contribution in [0.4, 0.5) is 26.2 Å². The SMILES string of the molecule is [2H]C([2H])(O)C([2H])([2H])n1cc(Nc2ncc(Cl)c(NCc3c(F)cccc3F)n2)cn1. The zero-order valence-corrected chi connectivity index (χ0v) is 13.8. The Bertz CT molecular complexity index is 1040. The summed E-state index contributed by atoms with van der Waals surface area (Å²) in [7, 11) is 0. The lowest BCUT2D eigenvalue weighted by atomic mass is 10.2. The molecule has 0 aliphatic heterocycles. The van der Waals surface area contributed by atoms with Crippen LogP contribution in [-0.4, -0.2) is 31.4 Å². The molecular weight excluding hydrogens is 366 g/mol. The zero-order valence-electron chi connectivity index (χ0n) is 17.0. The van der Waals surface area contributed by atoms with Crippen molar-refractivity contribution < 1.29 is 19.4 Å². The van der Waals surface area contributed by atoms with Gasteiger partial charge in [-0.1, -0.05) is 17.7 Å². The molecule has 10 heteroatoms. The summed E-state index contributed by atoms with van der Waals surface area (Å²) in [6, 6.07) is 3.50. The molecule has 0 aliphatic carbocycles. The normalized spacial score (nSPS) is 14.2. The van der Waals surface area contributed by atoms with Gasteiger partial charge >= 0.3 is 0 Å². The second-order valence-electron chi connectivity index (χ2n) is 4.97. The quantitative estimate of drug-likeness (QED) is 0.580. The number of aromatic nitrogens is 4. The van der Waals surface area contributed by atoms with Crippen LogP contribution in [0.15, 0.2) is 36.8 Å². The molecule has 2 heterocycles. The predicted molar refractivity (Wildman–Crippen MR) is 93.3 cm³/mol. The van der Waals surface area contributed by atoms with Crippen LogP contribution >= 0.6 is 11.6 Å². The standard InChI is InChI=1S/C16H15ClF2N6O/c17-12-8-21-16(23-10-6-22-25(9-10)4-5-26)24-15(12)20-7-11-13(18)2-1-3-14(11)19/h1-3,6,8-9,26H,4-5,7H2,(H2,20,21,23,24)/i4D2,5D2. The van der Waals surface area contributed by atoms with Crippen molar-refractivity contribution in [3.63, 3.8) is 0 Å². The van der Waals surface area contributed by atoms with E-state index in [1.54, 1.807) is 0 Å². The Morgan fingerprint density at radius 3 is 2.77 bits per heavy atom. The Morgan fingerprint density at radius 2 is 2.04 bits per heavy atom. The van der Waals surface area contributed by atoms with E-state index in [1.807, 2.05) is 0 Å². The highest BCUT2D eigenvalue weighted by Crippen LogP contribution is 2.23. The molecule has 0 atom stereocenters. The number of aryl methyl sites for hydroxylation is 1. The molecule has 136 valence electrons. The van der Waals surface area contributed by atoms with Gasteiger partial charge in [-0.25, -0.2) is 13.8 Å². The Kier molecular flexibility index (Phi) is 4.17. The first-order valence-corrected chi connectivity index (χ1v) is 7.60. The highest BCUT2D eigenvalue weighted by Gasteiger charge is 2.11. The topological polar surface area (TPSA) is 87.9 Å². The summed E-state index contributed by atoms with van der Waals surface area (Å²) in [4.78, 5) is 8.05. The van der Waals surface area contributed by atoms with Crippen molar-refractivity contribution in [2.45, 2.75) is 13.0 Å². The lowest BCUT2D eigenvalue weighted by Gasteiger charge is -2.10. The van der Waals surface area contributed by atoms with Crippen LogP contribution in [-0.2, 0) is 13.0 Å². The van der Waals surface area contributed by atoms with Gasteiger partial charge in [-0.15, -0.1) is 0 Å². The third-order valence-corrected chi connectivity index (χ3v) is 3.52. The van der Waals surface area contributed by atoms with Crippen LogP contribution in [0.2, 0.25) is 5.02 Å². The molecule has 0 bridgehead atoms. The van der Waals surface area contributed by atoms with E-state index in [0.29, 0.717) is 4.68 Å². The summed E-state index contributed by atoms with van der Waals surface area (Å²) in [5, 5.41) is 18.5. The molecular formula is C16H15ClF2N6O. The van der Waals surface area contributed by atoms with Gasteiger partial charge in [0.1, 0.15) is 16.7 Å². The van der Waals surface area contributed by atoms with Gasteiger partial charge in [0.05, 0.1) is 36.6 Å². The highest BCUT2D eigenvalue weighted by molar-refractivity contribution is 6.32. The summed E-state index contributed by atoms with van der Waals surface area (Å²) < 4.78 is 57.7. The van der Waals surface area contributed by atoms with Crippen molar-refractivity contribution in [1.29, 1.82) is 0 Å². The fourth-order valence-electron chi connectivity index (χ4n) is 2.05. The lowest BCUT2D eigenvalue weighted by Crippen LogP contribution is -2.08. The van der Waals surface area contributed by atoms with Gasteiger partial charge in [0.25, 0.3) is 0 Å². The highest BCUT2D eigenvalue weighted by atomic mass is 35.5. The molecule has 2 aromatic heterocycles. The van der Waals surface area contributed by atoms with Gasteiger partial charge in [0.2, 0.25) is 5.95 Å². The molecule has 26 heavy (non-hydrogen) atoms. The molecule has 0 fully saturated rings. The van der Waals surface area contributed by atoms with Crippen molar-refractivity contribution in [3.05, 3.63) is 59.0 Å². The third kappa shape index (κ3) is 4.24. The van der Waals surface area contributed by atoms with Crippen LogP contribution in [0, 0.1) is 11.6 Å². The Balaban J connectivity index is 1.76. The number of benzene rings is 1. The fourth-order valence-corrected chi connectivity index (χ4v) is 2.21. The maximum atomic E-state index is 13.8. The first kappa shape index (κ1) is 13.4. The molecule has 7 nitrogen and oxygen atoms in total. The van der Waals surface area contributed by atoms with Gasteiger partial charge in [-0.3, -0.25) is 4.68 Å². The van der Waals surface area contributed by atoms with E-state index in [0.717, 1.165) is 18.3 Å². The van der Waals surface area contributed by atoms with Gasteiger partial charge in [-0.05, 0) is 12.1 Å². The Hall–Kier alpha value is -2.78. The second kappa shape index (κ2) is 8.07. The maximum Gasteiger partial charge on any atom is 0.229 e. The van der Waals surface area contributed by atoms with Crippen molar-refractivity contribution >= 4 is 29.1 Å². The van der Waals surface area contributed by atoms with Crippen LogP contribution in [0.1, 0.15) is 11.0 Å². The fraction of sp³-hybridized carbons (Fsp3) is 0.188. The summed E-state index contributed by atoms with van der Waals surface area (Å²) >= 11 is 6.02. The van der Waals surface area contributed by atoms with E-state index in [-0.39, 0.29) is 34.6 Å². The maximum absolute atomic E-state index is 13.8. The van der Waals surface area contributed by atoms with E-state index in [1.165, 1.54) is 18.5 Å². The smallest absolute Gasteiger partial charge is 0.229 e. The van der Waals surface area contributed by atoms with E-state index in [4.69, 9.17) is 17.1 Å². The number of anilines is 3. The molecule has 3 rings (SSSR count). The molecule has 0 unspecified atom stereocenters. The molecule has 0 saturated heterocycles. The molecule has 3 N–H and O–H groups in total. The molecule has 0 aliphatic rings. The van der Waals surface area contributed by atoms with Crippen molar-refractivity contribution in [1.82, 2.24) is 19.7 Å². The Morgan fingerprint density at radius 1 is 1.27 bits per heavy atom. The number of aliphatic hydroxyl groups is 1. The summed E-state index contributed by atoms with van der Waals surface area (Å²) in [5.41, 5.74) is 0.0000153. The number of hydrogen-bond donors (Lipinski definition) is 3. The van der Waals surface area contributed by atoms with Gasteiger partial charge in [0.15, 0.2) is 5.82 Å². The molecule has 0 spiro atoms. The van der Waals surface area contributed by atoms with Crippen LogP contribution < -0.4 is 10.6 Å². The first-order chi connectivity index (χ1) is 14.0. The van der Waals surface area contributed by atoms with Crippen LogP contribution in [0.5, 0.6) is 0 Å². The minimum absolute atomic E-state index is 0.00280. The monoisotopic (exact) mass is 384 g/mol. The lowest BCUT2D eigenvalue weighted by molar-refractivity contribution is 0.269. The average Bonchev–Trinajstić information content (AvgIpc) is 3.12. The minimum Gasteiger partial charge on any atom is -0.394 e. The molecule has 0 saturated carbocycles. The minimum atomic E-state index is -3.17. The van der Waals surface area contributed by atoms with Gasteiger partial charge in [0, 0.05) is 18.3 Å². The summed E-state index contributed by atoms with van der Waals surface area (Å²) in [6.45, 7) is -6.23. The molecule has 0 radical (unpaired) electrons. The molecule has 3 aromatic rings. The first-order valence-electron chi connectivity index (χ1n) is 9.23. The average molecular weight is 385 g/mol. The van der Waals surface area contributed by atoms with E-state index in [9.17, 15) is 13.9 Å². The van der Waals surface area contributed by atoms with Crippen molar-refractivity contribution in [3.8, 4) is 0 Å². The van der Waals surface area contributed by atoms with Crippen molar-refractivity contribution in [2.24, 2.45) is 0 Å².